The van der Waals surface area contributed by atoms with Crippen LogP contribution in [-0.4, -0.2) is 13.6 Å². The number of hydrogen-bond acceptors (Lipinski definition) is 0. The molecule has 1 atom stereocenters. The van der Waals surface area contributed by atoms with Gasteiger partial charge in [-0.1, -0.05) is 114 Å². The Hall–Kier alpha value is -0.820. The first kappa shape index (κ1) is 22.2. The molecule has 1 aromatic rings. The molecule has 1 aromatic carbocycles. The van der Waals surface area contributed by atoms with Crippen LogP contribution in [0.5, 0.6) is 0 Å². The molecule has 0 radical (unpaired) electrons. The predicted molar refractivity (Wildman–Crippen MR) is 112 cm³/mol. The Morgan fingerprint density at radius 1 is 0.600 bits per heavy atom. The van der Waals surface area contributed by atoms with Gasteiger partial charge in [0.05, 0.1) is 13.6 Å². The minimum atomic E-state index is 1.17. The van der Waals surface area contributed by atoms with Crippen molar-refractivity contribution in [3.05, 3.63) is 35.9 Å². The summed E-state index contributed by atoms with van der Waals surface area (Å²) in [5.41, 5.74) is 1.46. The number of quaternary nitrogens is 1. The van der Waals surface area contributed by atoms with Gasteiger partial charge in [0.25, 0.3) is 0 Å². The van der Waals surface area contributed by atoms with E-state index in [0.29, 0.717) is 0 Å². The second kappa shape index (κ2) is 16.6. The van der Waals surface area contributed by atoms with Crippen molar-refractivity contribution >= 4 is 0 Å². The highest BCUT2D eigenvalue weighted by Crippen LogP contribution is 2.12. The second-order valence-electron chi connectivity index (χ2n) is 7.97. The molecule has 0 aliphatic rings. The van der Waals surface area contributed by atoms with Crippen LogP contribution < -0.4 is 4.90 Å². The quantitative estimate of drug-likeness (QED) is 0.321. The normalized spacial score (nSPS) is 12.4. The third kappa shape index (κ3) is 14.1. The van der Waals surface area contributed by atoms with E-state index in [4.69, 9.17) is 0 Å². The fourth-order valence-corrected chi connectivity index (χ4v) is 3.65. The zero-order valence-electron chi connectivity index (χ0n) is 17.2. The van der Waals surface area contributed by atoms with Crippen molar-refractivity contribution in [2.24, 2.45) is 0 Å². The zero-order valence-corrected chi connectivity index (χ0v) is 17.2. The van der Waals surface area contributed by atoms with Gasteiger partial charge < -0.3 is 4.90 Å². The van der Waals surface area contributed by atoms with Crippen LogP contribution in [0.1, 0.15) is 102 Å². The van der Waals surface area contributed by atoms with Crippen molar-refractivity contribution in [2.75, 3.05) is 13.6 Å². The van der Waals surface area contributed by atoms with E-state index >= 15 is 0 Å². The maximum atomic E-state index is 2.33. The lowest BCUT2D eigenvalue weighted by molar-refractivity contribution is -0.894. The molecule has 25 heavy (non-hydrogen) atoms. The molecule has 0 aliphatic carbocycles. The van der Waals surface area contributed by atoms with Crippen LogP contribution in [0.3, 0.4) is 0 Å². The van der Waals surface area contributed by atoms with Gasteiger partial charge in [-0.25, -0.2) is 0 Å². The number of hydrogen-bond donors (Lipinski definition) is 1. The van der Waals surface area contributed by atoms with Gasteiger partial charge in [0.15, 0.2) is 0 Å². The number of nitrogens with one attached hydrogen (secondary N) is 1. The zero-order chi connectivity index (χ0) is 18.0. The molecule has 0 amide bonds. The topological polar surface area (TPSA) is 4.44 Å². The van der Waals surface area contributed by atoms with Crippen molar-refractivity contribution in [1.29, 1.82) is 0 Å². The van der Waals surface area contributed by atoms with Gasteiger partial charge >= 0.3 is 0 Å². The lowest BCUT2D eigenvalue weighted by atomic mass is 10.0. The van der Waals surface area contributed by atoms with Gasteiger partial charge in [-0.3, -0.25) is 0 Å². The van der Waals surface area contributed by atoms with Gasteiger partial charge in [0, 0.05) is 5.56 Å². The molecular formula is C24H44N+. The summed E-state index contributed by atoms with van der Waals surface area (Å²) in [5, 5.41) is 0. The van der Waals surface area contributed by atoms with Crippen molar-refractivity contribution < 1.29 is 4.90 Å². The Morgan fingerprint density at radius 2 is 1.04 bits per heavy atom. The van der Waals surface area contributed by atoms with Crippen molar-refractivity contribution in [3.8, 4) is 0 Å². The van der Waals surface area contributed by atoms with Crippen molar-refractivity contribution in [3.63, 3.8) is 0 Å². The molecule has 0 heterocycles. The summed E-state index contributed by atoms with van der Waals surface area (Å²) in [6, 6.07) is 10.9. The van der Waals surface area contributed by atoms with Crippen LogP contribution in [0, 0.1) is 0 Å². The summed E-state index contributed by atoms with van der Waals surface area (Å²) in [5.74, 6) is 0. The molecule has 1 rings (SSSR count). The maximum absolute atomic E-state index is 2.33. The summed E-state index contributed by atoms with van der Waals surface area (Å²) in [7, 11) is 2.33. The highest BCUT2D eigenvalue weighted by atomic mass is 15.1. The smallest absolute Gasteiger partial charge is 0.103 e. The first-order valence-corrected chi connectivity index (χ1v) is 11.2. The number of benzene rings is 1. The van der Waals surface area contributed by atoms with Gasteiger partial charge in [-0.2, -0.15) is 0 Å². The SMILES string of the molecule is CCCCCCCCCCCCCCCC[NH+](C)Cc1ccccc1. The molecule has 0 fully saturated rings. The van der Waals surface area contributed by atoms with Gasteiger partial charge in [-0.15, -0.1) is 0 Å². The van der Waals surface area contributed by atoms with Crippen LogP contribution in [0.4, 0.5) is 0 Å². The van der Waals surface area contributed by atoms with Crippen LogP contribution in [0.2, 0.25) is 0 Å². The Morgan fingerprint density at radius 3 is 1.52 bits per heavy atom. The predicted octanol–water partition coefficient (Wildman–Crippen LogP) is 6.18. The molecule has 0 spiro atoms. The largest absolute Gasteiger partial charge is 0.334 e. The summed E-state index contributed by atoms with van der Waals surface area (Å²) in [6.07, 6.45) is 20.2. The minimum Gasteiger partial charge on any atom is -0.334 e. The Bertz CT molecular complexity index is 373. The fraction of sp³-hybridized carbons (Fsp3) is 0.750. The molecule has 1 N–H and O–H groups in total. The van der Waals surface area contributed by atoms with E-state index in [0.717, 1.165) is 0 Å². The molecular weight excluding hydrogens is 302 g/mol. The Kier molecular flexibility index (Phi) is 14.8. The molecule has 0 saturated carbocycles. The van der Waals surface area contributed by atoms with Gasteiger partial charge in [0.1, 0.15) is 6.54 Å². The molecule has 0 aliphatic heterocycles. The van der Waals surface area contributed by atoms with Crippen LogP contribution in [0.15, 0.2) is 30.3 Å². The molecule has 1 nitrogen and oxygen atoms in total. The summed E-state index contributed by atoms with van der Waals surface area (Å²) in [6.45, 7) is 4.77. The first-order valence-electron chi connectivity index (χ1n) is 11.2. The number of unbranched alkanes of at least 4 members (excludes halogenated alkanes) is 13. The van der Waals surface area contributed by atoms with E-state index < -0.39 is 0 Å². The molecule has 0 bridgehead atoms. The van der Waals surface area contributed by atoms with E-state index in [9.17, 15) is 0 Å². The van der Waals surface area contributed by atoms with E-state index in [1.807, 2.05) is 0 Å². The summed E-state index contributed by atoms with van der Waals surface area (Å²) >= 11 is 0. The maximum Gasteiger partial charge on any atom is 0.103 e. The molecule has 144 valence electrons. The lowest BCUT2D eigenvalue weighted by Gasteiger charge is -2.13. The van der Waals surface area contributed by atoms with Crippen LogP contribution in [0.25, 0.3) is 0 Å². The average Bonchev–Trinajstić information content (AvgIpc) is 2.63. The van der Waals surface area contributed by atoms with Crippen molar-refractivity contribution in [1.82, 2.24) is 0 Å². The Labute approximate surface area is 158 Å². The van der Waals surface area contributed by atoms with E-state index in [1.165, 1.54) is 109 Å². The van der Waals surface area contributed by atoms with Crippen LogP contribution in [-0.2, 0) is 6.54 Å². The van der Waals surface area contributed by atoms with E-state index in [2.05, 4.69) is 44.3 Å². The second-order valence-corrected chi connectivity index (χ2v) is 7.97. The first-order chi connectivity index (χ1) is 12.3. The molecule has 1 heteroatoms. The highest BCUT2D eigenvalue weighted by molar-refractivity contribution is 5.13. The van der Waals surface area contributed by atoms with E-state index in [1.54, 1.807) is 4.90 Å². The standard InChI is InChI=1S/C24H43N/c1-3-4-5-6-7-8-9-10-11-12-13-14-15-19-22-25(2)23-24-20-17-16-18-21-24/h16-18,20-21H,3-15,19,22-23H2,1-2H3/p+1. The van der Waals surface area contributed by atoms with Crippen molar-refractivity contribution in [2.45, 2.75) is 103 Å². The minimum absolute atomic E-state index is 1.17. The third-order valence-electron chi connectivity index (χ3n) is 5.31. The third-order valence-corrected chi connectivity index (χ3v) is 5.31. The Balaban J connectivity index is 1.78. The van der Waals surface area contributed by atoms with E-state index in [-0.39, 0.29) is 0 Å². The van der Waals surface area contributed by atoms with Crippen LogP contribution >= 0.6 is 0 Å². The van der Waals surface area contributed by atoms with Gasteiger partial charge in [-0.05, 0) is 12.8 Å². The average molecular weight is 347 g/mol. The van der Waals surface area contributed by atoms with Gasteiger partial charge in [0.2, 0.25) is 0 Å². The molecule has 0 saturated heterocycles. The number of rotatable bonds is 17. The summed E-state index contributed by atoms with van der Waals surface area (Å²) < 4.78 is 0. The molecule has 1 unspecified atom stereocenters. The summed E-state index contributed by atoms with van der Waals surface area (Å²) in [4.78, 5) is 1.64. The fourth-order valence-electron chi connectivity index (χ4n) is 3.65. The highest BCUT2D eigenvalue weighted by Gasteiger charge is 2.02. The lowest BCUT2D eigenvalue weighted by Crippen LogP contribution is -3.07. The molecule has 0 aromatic heterocycles. The monoisotopic (exact) mass is 346 g/mol.